The molecular formula is C13H17BrN2O3S. The van der Waals surface area contributed by atoms with Crippen LogP contribution in [0.25, 0.3) is 0 Å². The van der Waals surface area contributed by atoms with Gasteiger partial charge < -0.3 is 5.32 Å². The third kappa shape index (κ3) is 3.59. The average molecular weight is 361 g/mol. The van der Waals surface area contributed by atoms with Crippen LogP contribution in [-0.2, 0) is 14.8 Å². The summed E-state index contributed by atoms with van der Waals surface area (Å²) in [6, 6.07) is 4.31. The molecule has 1 fully saturated rings. The van der Waals surface area contributed by atoms with E-state index < -0.39 is 16.1 Å². The first kappa shape index (κ1) is 15.5. The highest BCUT2D eigenvalue weighted by Crippen LogP contribution is 2.23. The number of hydrogen-bond donors (Lipinski definition) is 2. The Morgan fingerprint density at radius 3 is 2.80 bits per heavy atom. The minimum absolute atomic E-state index is 0.153. The molecular weight excluding hydrogens is 344 g/mol. The Kier molecular flexibility index (Phi) is 4.82. The molecule has 1 aliphatic heterocycles. The molecule has 1 unspecified atom stereocenters. The second-order valence-electron chi connectivity index (χ2n) is 4.89. The number of carbonyl (C=O) groups is 1. The zero-order valence-corrected chi connectivity index (χ0v) is 13.6. The molecule has 1 saturated heterocycles. The van der Waals surface area contributed by atoms with Gasteiger partial charge in [-0.1, -0.05) is 6.07 Å². The number of carbonyl (C=O) groups excluding carboxylic acids is 1. The molecule has 0 saturated carbocycles. The summed E-state index contributed by atoms with van der Waals surface area (Å²) >= 11 is 3.26. The lowest BCUT2D eigenvalue weighted by molar-refractivity contribution is -0.122. The molecule has 0 bridgehead atoms. The van der Waals surface area contributed by atoms with Crippen molar-refractivity contribution in [3.8, 4) is 0 Å². The van der Waals surface area contributed by atoms with Crippen LogP contribution in [0.3, 0.4) is 0 Å². The highest BCUT2D eigenvalue weighted by Gasteiger charge is 2.27. The molecule has 0 spiro atoms. The zero-order valence-electron chi connectivity index (χ0n) is 11.1. The van der Waals surface area contributed by atoms with E-state index in [0.29, 0.717) is 17.4 Å². The van der Waals surface area contributed by atoms with Gasteiger partial charge in [0.2, 0.25) is 15.9 Å². The number of benzene rings is 1. The summed E-state index contributed by atoms with van der Waals surface area (Å²) < 4.78 is 27.7. The van der Waals surface area contributed by atoms with Gasteiger partial charge in [-0.3, -0.25) is 4.79 Å². The fraction of sp³-hybridized carbons (Fsp3) is 0.462. The van der Waals surface area contributed by atoms with E-state index in [1.807, 2.05) is 6.92 Å². The van der Waals surface area contributed by atoms with Crippen molar-refractivity contribution < 1.29 is 13.2 Å². The Morgan fingerprint density at radius 2 is 2.10 bits per heavy atom. The van der Waals surface area contributed by atoms with Gasteiger partial charge in [0.05, 0.1) is 4.90 Å². The van der Waals surface area contributed by atoms with E-state index in [1.165, 1.54) is 6.07 Å². The molecule has 7 heteroatoms. The predicted octanol–water partition coefficient (Wildman–Crippen LogP) is 1.70. The molecule has 1 heterocycles. The molecule has 1 atom stereocenters. The molecule has 110 valence electrons. The predicted molar refractivity (Wildman–Crippen MR) is 79.8 cm³/mol. The number of amides is 1. The summed E-state index contributed by atoms with van der Waals surface area (Å²) in [5.41, 5.74) is 0.961. The fourth-order valence-corrected chi connectivity index (χ4v) is 4.55. The van der Waals surface area contributed by atoms with Crippen molar-refractivity contribution in [3.63, 3.8) is 0 Å². The van der Waals surface area contributed by atoms with Gasteiger partial charge in [-0.25, -0.2) is 8.42 Å². The number of rotatable bonds is 3. The van der Waals surface area contributed by atoms with Crippen molar-refractivity contribution in [1.29, 1.82) is 0 Å². The highest BCUT2D eigenvalue weighted by molar-refractivity contribution is 9.10. The lowest BCUT2D eigenvalue weighted by Crippen LogP contribution is -2.45. The van der Waals surface area contributed by atoms with Crippen LogP contribution in [0, 0.1) is 6.92 Å². The lowest BCUT2D eigenvalue weighted by Gasteiger charge is -2.16. The van der Waals surface area contributed by atoms with Crippen LogP contribution in [0.1, 0.15) is 24.8 Å². The fourth-order valence-electron chi connectivity index (χ4n) is 2.13. The van der Waals surface area contributed by atoms with Gasteiger partial charge in [-0.05, 0) is 59.8 Å². The molecule has 0 aromatic heterocycles. The van der Waals surface area contributed by atoms with Gasteiger partial charge in [-0.2, -0.15) is 4.72 Å². The standard InChI is InChI=1S/C13H17BrN2O3S/c1-9-5-6-12(10(14)8-9)20(18,19)16-11-4-2-3-7-15-13(11)17/h5-6,8,11,16H,2-4,7H2,1H3,(H,15,17). The molecule has 0 aliphatic carbocycles. The molecule has 2 N–H and O–H groups in total. The first-order valence-corrected chi connectivity index (χ1v) is 8.74. The van der Waals surface area contributed by atoms with E-state index >= 15 is 0 Å². The summed E-state index contributed by atoms with van der Waals surface area (Å²) in [5.74, 6) is -0.255. The van der Waals surface area contributed by atoms with Crippen molar-refractivity contribution in [2.45, 2.75) is 37.1 Å². The maximum absolute atomic E-state index is 12.4. The van der Waals surface area contributed by atoms with Crippen molar-refractivity contribution in [1.82, 2.24) is 10.0 Å². The van der Waals surface area contributed by atoms with Gasteiger partial charge >= 0.3 is 0 Å². The number of halogens is 1. The maximum Gasteiger partial charge on any atom is 0.242 e. The molecule has 1 amide bonds. The third-order valence-corrected chi connectivity index (χ3v) is 5.66. The number of aryl methyl sites for hydroxylation is 1. The van der Waals surface area contributed by atoms with Crippen molar-refractivity contribution in [3.05, 3.63) is 28.2 Å². The number of nitrogens with one attached hydrogen (secondary N) is 2. The monoisotopic (exact) mass is 360 g/mol. The van der Waals surface area contributed by atoms with E-state index in [4.69, 9.17) is 0 Å². The number of hydrogen-bond acceptors (Lipinski definition) is 3. The minimum Gasteiger partial charge on any atom is -0.355 e. The van der Waals surface area contributed by atoms with Crippen LogP contribution >= 0.6 is 15.9 Å². The molecule has 2 rings (SSSR count). The summed E-state index contributed by atoms with van der Waals surface area (Å²) in [6.45, 7) is 2.48. The second-order valence-corrected chi connectivity index (χ2v) is 7.43. The van der Waals surface area contributed by atoms with Crippen LogP contribution in [0.15, 0.2) is 27.6 Å². The van der Waals surface area contributed by atoms with E-state index in [2.05, 4.69) is 26.0 Å². The van der Waals surface area contributed by atoms with Crippen LogP contribution in [0.2, 0.25) is 0 Å². The molecule has 0 radical (unpaired) electrons. The molecule has 1 aromatic carbocycles. The van der Waals surface area contributed by atoms with Gasteiger partial charge in [0.15, 0.2) is 0 Å². The molecule has 5 nitrogen and oxygen atoms in total. The van der Waals surface area contributed by atoms with Crippen LogP contribution < -0.4 is 10.0 Å². The SMILES string of the molecule is Cc1ccc(S(=O)(=O)NC2CCCCNC2=O)c(Br)c1. The van der Waals surface area contributed by atoms with Gasteiger partial charge in [0.1, 0.15) is 6.04 Å². The Bertz CT molecular complexity index is 616. The quantitative estimate of drug-likeness (QED) is 0.861. The second kappa shape index (κ2) is 6.24. The Balaban J connectivity index is 2.24. The first-order valence-electron chi connectivity index (χ1n) is 6.46. The molecule has 1 aliphatic rings. The van der Waals surface area contributed by atoms with E-state index in [-0.39, 0.29) is 10.8 Å². The lowest BCUT2D eigenvalue weighted by atomic mass is 10.1. The Hall–Kier alpha value is -0.920. The van der Waals surface area contributed by atoms with E-state index in [1.54, 1.807) is 12.1 Å². The van der Waals surface area contributed by atoms with Crippen LogP contribution in [0.4, 0.5) is 0 Å². The Labute approximate surface area is 127 Å². The minimum atomic E-state index is -3.71. The smallest absolute Gasteiger partial charge is 0.242 e. The van der Waals surface area contributed by atoms with Crippen molar-refractivity contribution >= 4 is 31.9 Å². The summed E-state index contributed by atoms with van der Waals surface area (Å²) in [7, 11) is -3.71. The van der Waals surface area contributed by atoms with Crippen LogP contribution in [0.5, 0.6) is 0 Å². The summed E-state index contributed by atoms with van der Waals surface area (Å²) in [5, 5.41) is 2.71. The van der Waals surface area contributed by atoms with Crippen molar-refractivity contribution in [2.75, 3.05) is 6.54 Å². The van der Waals surface area contributed by atoms with Gasteiger partial charge in [0, 0.05) is 11.0 Å². The Morgan fingerprint density at radius 1 is 1.35 bits per heavy atom. The summed E-state index contributed by atoms with van der Waals surface area (Å²) in [4.78, 5) is 12.0. The molecule has 1 aromatic rings. The largest absolute Gasteiger partial charge is 0.355 e. The topological polar surface area (TPSA) is 75.3 Å². The normalized spacial score (nSPS) is 20.3. The zero-order chi connectivity index (χ0) is 14.8. The maximum atomic E-state index is 12.4. The van der Waals surface area contributed by atoms with Gasteiger partial charge in [-0.15, -0.1) is 0 Å². The molecule has 20 heavy (non-hydrogen) atoms. The van der Waals surface area contributed by atoms with E-state index in [9.17, 15) is 13.2 Å². The van der Waals surface area contributed by atoms with Crippen molar-refractivity contribution in [2.24, 2.45) is 0 Å². The summed E-state index contributed by atoms with van der Waals surface area (Å²) in [6.07, 6.45) is 2.22. The first-order chi connectivity index (χ1) is 9.40. The average Bonchev–Trinajstić information content (AvgIpc) is 2.54. The van der Waals surface area contributed by atoms with Crippen LogP contribution in [-0.4, -0.2) is 26.9 Å². The highest BCUT2D eigenvalue weighted by atomic mass is 79.9. The van der Waals surface area contributed by atoms with Gasteiger partial charge in [0.25, 0.3) is 0 Å². The third-order valence-electron chi connectivity index (χ3n) is 3.21. The number of sulfonamides is 1. The van der Waals surface area contributed by atoms with E-state index in [0.717, 1.165) is 18.4 Å².